The van der Waals surface area contributed by atoms with Gasteiger partial charge in [0.25, 0.3) is 0 Å². The SMILES string of the molecule is CC(C)C(C)(Cc1ccc(Br)s1)C(=O)O. The molecule has 0 aromatic carbocycles. The Morgan fingerprint density at radius 1 is 1.60 bits per heavy atom. The number of hydrogen-bond acceptors (Lipinski definition) is 2. The minimum absolute atomic E-state index is 0.121. The summed E-state index contributed by atoms with van der Waals surface area (Å²) in [5.41, 5.74) is -0.676. The first-order chi connectivity index (χ1) is 6.86. The molecular formula is C11H15BrO2S. The van der Waals surface area contributed by atoms with Gasteiger partial charge in [0.1, 0.15) is 0 Å². The van der Waals surface area contributed by atoms with Crippen molar-refractivity contribution in [3.63, 3.8) is 0 Å². The van der Waals surface area contributed by atoms with Crippen LogP contribution in [0.1, 0.15) is 25.6 Å². The van der Waals surface area contributed by atoms with Crippen molar-refractivity contribution in [1.29, 1.82) is 0 Å². The van der Waals surface area contributed by atoms with Crippen molar-refractivity contribution in [2.75, 3.05) is 0 Å². The van der Waals surface area contributed by atoms with Crippen molar-refractivity contribution >= 4 is 33.2 Å². The zero-order chi connectivity index (χ0) is 11.6. The maximum Gasteiger partial charge on any atom is 0.309 e. The monoisotopic (exact) mass is 290 g/mol. The van der Waals surface area contributed by atoms with Gasteiger partial charge >= 0.3 is 5.97 Å². The lowest BCUT2D eigenvalue weighted by molar-refractivity contribution is -0.150. The molecule has 0 aliphatic carbocycles. The Kier molecular flexibility index (Phi) is 3.95. The molecule has 0 aliphatic heterocycles. The van der Waals surface area contributed by atoms with E-state index in [2.05, 4.69) is 15.9 Å². The second-order valence-corrected chi connectivity index (χ2v) is 6.81. The van der Waals surface area contributed by atoms with Crippen LogP contribution in [-0.2, 0) is 11.2 Å². The smallest absolute Gasteiger partial charge is 0.309 e. The highest BCUT2D eigenvalue weighted by molar-refractivity contribution is 9.11. The molecule has 4 heteroatoms. The van der Waals surface area contributed by atoms with Crippen LogP contribution in [0.5, 0.6) is 0 Å². The van der Waals surface area contributed by atoms with Crippen LogP contribution in [0.4, 0.5) is 0 Å². The Bertz CT molecular complexity index is 359. The van der Waals surface area contributed by atoms with Gasteiger partial charge in [-0.1, -0.05) is 13.8 Å². The van der Waals surface area contributed by atoms with Crippen molar-refractivity contribution in [2.24, 2.45) is 11.3 Å². The summed E-state index contributed by atoms with van der Waals surface area (Å²) >= 11 is 4.99. The minimum Gasteiger partial charge on any atom is -0.481 e. The minimum atomic E-state index is -0.720. The highest BCUT2D eigenvalue weighted by atomic mass is 79.9. The highest BCUT2D eigenvalue weighted by Crippen LogP contribution is 2.35. The Labute approximate surface area is 102 Å². The normalized spacial score (nSPS) is 15.3. The Morgan fingerprint density at radius 3 is 2.53 bits per heavy atom. The Balaban J connectivity index is 2.89. The lowest BCUT2D eigenvalue weighted by Crippen LogP contribution is -2.35. The summed E-state index contributed by atoms with van der Waals surface area (Å²) in [4.78, 5) is 12.4. The summed E-state index contributed by atoms with van der Waals surface area (Å²) in [6.07, 6.45) is 0.594. The molecule has 84 valence electrons. The van der Waals surface area contributed by atoms with Gasteiger partial charge in [0.05, 0.1) is 9.20 Å². The molecule has 0 saturated heterocycles. The molecule has 0 spiro atoms. The first kappa shape index (κ1) is 12.7. The van der Waals surface area contributed by atoms with Crippen molar-refractivity contribution in [2.45, 2.75) is 27.2 Å². The third-order valence-electron chi connectivity index (χ3n) is 2.93. The van der Waals surface area contributed by atoms with Crippen LogP contribution in [0, 0.1) is 11.3 Å². The van der Waals surface area contributed by atoms with Gasteiger partial charge in [-0.05, 0) is 47.3 Å². The van der Waals surface area contributed by atoms with Gasteiger partial charge in [-0.25, -0.2) is 0 Å². The van der Waals surface area contributed by atoms with Crippen LogP contribution in [-0.4, -0.2) is 11.1 Å². The molecule has 0 bridgehead atoms. The highest BCUT2D eigenvalue weighted by Gasteiger charge is 2.37. The van der Waals surface area contributed by atoms with E-state index in [-0.39, 0.29) is 5.92 Å². The molecule has 1 N–H and O–H groups in total. The summed E-state index contributed by atoms with van der Waals surface area (Å²) in [6, 6.07) is 3.95. The van der Waals surface area contributed by atoms with Crippen molar-refractivity contribution in [1.82, 2.24) is 0 Å². The molecule has 0 saturated carbocycles. The van der Waals surface area contributed by atoms with Gasteiger partial charge in [0.15, 0.2) is 0 Å². The number of rotatable bonds is 4. The van der Waals surface area contributed by atoms with Gasteiger partial charge in [-0.3, -0.25) is 4.79 Å². The number of hydrogen-bond donors (Lipinski definition) is 1. The molecule has 1 rings (SSSR count). The summed E-state index contributed by atoms with van der Waals surface area (Å²) in [5.74, 6) is -0.599. The summed E-state index contributed by atoms with van der Waals surface area (Å²) in [6.45, 7) is 5.72. The maximum absolute atomic E-state index is 11.3. The molecule has 1 heterocycles. The van der Waals surface area contributed by atoms with E-state index in [1.807, 2.05) is 32.9 Å². The van der Waals surface area contributed by atoms with Crippen LogP contribution in [0.15, 0.2) is 15.9 Å². The van der Waals surface area contributed by atoms with E-state index in [1.165, 1.54) is 0 Å². The van der Waals surface area contributed by atoms with Gasteiger partial charge in [0.2, 0.25) is 0 Å². The average molecular weight is 291 g/mol. The van der Waals surface area contributed by atoms with Crippen LogP contribution in [0.2, 0.25) is 0 Å². The fourth-order valence-corrected chi connectivity index (χ4v) is 2.99. The zero-order valence-electron chi connectivity index (χ0n) is 9.08. The van der Waals surface area contributed by atoms with E-state index >= 15 is 0 Å². The van der Waals surface area contributed by atoms with Crippen molar-refractivity contribution in [3.8, 4) is 0 Å². The van der Waals surface area contributed by atoms with E-state index in [0.717, 1.165) is 8.66 Å². The summed E-state index contributed by atoms with van der Waals surface area (Å²) < 4.78 is 1.05. The van der Waals surface area contributed by atoms with Crippen LogP contribution >= 0.6 is 27.3 Å². The van der Waals surface area contributed by atoms with Crippen molar-refractivity contribution in [3.05, 3.63) is 20.8 Å². The molecule has 1 unspecified atom stereocenters. The fraction of sp³-hybridized carbons (Fsp3) is 0.545. The fourth-order valence-electron chi connectivity index (χ4n) is 1.34. The number of carboxylic acid groups (broad SMARTS) is 1. The predicted octanol–water partition coefficient (Wildman–Crippen LogP) is 3.80. The number of carbonyl (C=O) groups is 1. The third kappa shape index (κ3) is 2.82. The third-order valence-corrected chi connectivity index (χ3v) is 4.56. The zero-order valence-corrected chi connectivity index (χ0v) is 11.5. The van der Waals surface area contributed by atoms with E-state index in [0.29, 0.717) is 6.42 Å². The number of halogens is 1. The van der Waals surface area contributed by atoms with Crippen molar-refractivity contribution < 1.29 is 9.90 Å². The second kappa shape index (κ2) is 4.66. The van der Waals surface area contributed by atoms with E-state index < -0.39 is 11.4 Å². The molecule has 0 amide bonds. The predicted molar refractivity (Wildman–Crippen MR) is 66.3 cm³/mol. The van der Waals surface area contributed by atoms with Crippen LogP contribution in [0.25, 0.3) is 0 Å². The van der Waals surface area contributed by atoms with Gasteiger partial charge in [0, 0.05) is 4.88 Å². The quantitative estimate of drug-likeness (QED) is 0.916. The average Bonchev–Trinajstić information content (AvgIpc) is 2.50. The molecule has 1 atom stereocenters. The summed E-state index contributed by atoms with van der Waals surface area (Å²) in [7, 11) is 0. The van der Waals surface area contributed by atoms with E-state index in [4.69, 9.17) is 0 Å². The standard InChI is InChI=1S/C11H15BrO2S/c1-7(2)11(3,10(13)14)6-8-4-5-9(12)15-8/h4-5,7H,6H2,1-3H3,(H,13,14). The topological polar surface area (TPSA) is 37.3 Å². The molecule has 15 heavy (non-hydrogen) atoms. The van der Waals surface area contributed by atoms with E-state index in [9.17, 15) is 9.90 Å². The molecule has 0 fully saturated rings. The lowest BCUT2D eigenvalue weighted by atomic mass is 9.76. The molecular weight excluding hydrogens is 276 g/mol. The number of thiophene rings is 1. The summed E-state index contributed by atoms with van der Waals surface area (Å²) in [5, 5.41) is 9.26. The first-order valence-electron chi connectivity index (χ1n) is 4.84. The number of carboxylic acids is 1. The largest absolute Gasteiger partial charge is 0.481 e. The van der Waals surface area contributed by atoms with Gasteiger partial charge in [-0.2, -0.15) is 0 Å². The maximum atomic E-state index is 11.3. The van der Waals surface area contributed by atoms with Crippen LogP contribution in [0.3, 0.4) is 0 Å². The molecule has 2 nitrogen and oxygen atoms in total. The Morgan fingerprint density at radius 2 is 2.20 bits per heavy atom. The molecule has 1 aromatic rings. The molecule has 0 aliphatic rings. The lowest BCUT2D eigenvalue weighted by Gasteiger charge is -2.28. The molecule has 1 aromatic heterocycles. The van der Waals surface area contributed by atoms with Gasteiger partial charge in [-0.15, -0.1) is 11.3 Å². The van der Waals surface area contributed by atoms with Gasteiger partial charge < -0.3 is 5.11 Å². The number of aliphatic carboxylic acids is 1. The van der Waals surface area contributed by atoms with Crippen LogP contribution < -0.4 is 0 Å². The molecule has 0 radical (unpaired) electrons. The first-order valence-corrected chi connectivity index (χ1v) is 6.45. The second-order valence-electron chi connectivity index (χ2n) is 4.26. The van der Waals surface area contributed by atoms with E-state index in [1.54, 1.807) is 11.3 Å². The Hall–Kier alpha value is -0.350.